The van der Waals surface area contributed by atoms with Crippen LogP contribution in [0.1, 0.15) is 23.1 Å². The molecule has 0 saturated heterocycles. The van der Waals surface area contributed by atoms with Gasteiger partial charge in [0, 0.05) is 24.5 Å². The molecule has 1 amide bonds. The van der Waals surface area contributed by atoms with Gasteiger partial charge in [-0.05, 0) is 48.7 Å². The Hall–Kier alpha value is -1.89. The summed E-state index contributed by atoms with van der Waals surface area (Å²) in [5.74, 6) is -0.224. The van der Waals surface area contributed by atoms with Crippen molar-refractivity contribution in [3.05, 3.63) is 64.2 Å². The van der Waals surface area contributed by atoms with Gasteiger partial charge in [0.2, 0.25) is 15.9 Å². The van der Waals surface area contributed by atoms with Crippen LogP contribution >= 0.6 is 11.6 Å². The van der Waals surface area contributed by atoms with E-state index in [0.717, 1.165) is 11.1 Å². The van der Waals surface area contributed by atoms with Crippen molar-refractivity contribution in [2.45, 2.75) is 31.7 Å². The second-order valence-electron chi connectivity index (χ2n) is 5.82. The highest BCUT2D eigenvalue weighted by atomic mass is 35.5. The number of halogens is 1. The van der Waals surface area contributed by atoms with Gasteiger partial charge in [0.25, 0.3) is 0 Å². The first kappa shape index (κ1) is 19.4. The zero-order valence-electron chi connectivity index (χ0n) is 14.2. The standard InChI is InChI=1S/C18H21ClN2O3S/c1-13-3-4-14(2)17(11-13)25(23,24)21-10-9-18(22)20-12-15-5-7-16(19)8-6-15/h3-8,11,21H,9-10,12H2,1-2H3,(H,20,22). The van der Waals surface area contributed by atoms with Crippen LogP contribution in [0.15, 0.2) is 47.4 Å². The van der Waals surface area contributed by atoms with Crippen LogP contribution in [-0.4, -0.2) is 20.9 Å². The van der Waals surface area contributed by atoms with Crippen LogP contribution in [0.25, 0.3) is 0 Å². The van der Waals surface area contributed by atoms with Gasteiger partial charge in [-0.2, -0.15) is 0 Å². The summed E-state index contributed by atoms with van der Waals surface area (Å²) < 4.78 is 27.2. The van der Waals surface area contributed by atoms with Crippen LogP contribution < -0.4 is 10.0 Å². The van der Waals surface area contributed by atoms with E-state index in [0.29, 0.717) is 17.1 Å². The van der Waals surface area contributed by atoms with Gasteiger partial charge >= 0.3 is 0 Å². The van der Waals surface area contributed by atoms with Gasteiger partial charge < -0.3 is 5.32 Å². The Morgan fingerprint density at radius 1 is 1.08 bits per heavy atom. The average molecular weight is 381 g/mol. The highest BCUT2D eigenvalue weighted by Gasteiger charge is 2.16. The molecule has 7 heteroatoms. The number of rotatable bonds is 7. The number of benzene rings is 2. The van der Waals surface area contributed by atoms with Crippen molar-refractivity contribution < 1.29 is 13.2 Å². The summed E-state index contributed by atoms with van der Waals surface area (Å²) in [5.41, 5.74) is 2.46. The Bertz CT molecular complexity index is 849. The van der Waals surface area contributed by atoms with Crippen LogP contribution in [0, 0.1) is 13.8 Å². The summed E-state index contributed by atoms with van der Waals surface area (Å²) in [6.45, 7) is 4.00. The third-order valence-electron chi connectivity index (χ3n) is 3.68. The van der Waals surface area contributed by atoms with Crippen LogP contribution in [0.5, 0.6) is 0 Å². The van der Waals surface area contributed by atoms with Crippen LogP contribution in [-0.2, 0) is 21.4 Å². The van der Waals surface area contributed by atoms with Crippen molar-refractivity contribution in [1.82, 2.24) is 10.0 Å². The van der Waals surface area contributed by atoms with Crippen molar-refractivity contribution in [3.63, 3.8) is 0 Å². The minimum absolute atomic E-state index is 0.0438. The van der Waals surface area contributed by atoms with Gasteiger partial charge in [-0.3, -0.25) is 4.79 Å². The highest BCUT2D eigenvalue weighted by Crippen LogP contribution is 2.16. The van der Waals surface area contributed by atoms with Gasteiger partial charge in [-0.1, -0.05) is 35.9 Å². The lowest BCUT2D eigenvalue weighted by molar-refractivity contribution is -0.121. The molecule has 0 fully saturated rings. The molecule has 5 nitrogen and oxygen atoms in total. The molecule has 2 aromatic rings. The summed E-state index contributed by atoms with van der Waals surface area (Å²) in [7, 11) is -3.63. The Balaban J connectivity index is 1.83. The monoisotopic (exact) mass is 380 g/mol. The normalized spacial score (nSPS) is 11.3. The molecule has 0 radical (unpaired) electrons. The Morgan fingerprint density at radius 3 is 2.44 bits per heavy atom. The number of carbonyl (C=O) groups is 1. The van der Waals surface area contributed by atoms with Gasteiger partial charge in [-0.15, -0.1) is 0 Å². The molecule has 0 aromatic heterocycles. The second kappa shape index (κ2) is 8.47. The quantitative estimate of drug-likeness (QED) is 0.775. The predicted molar refractivity (Wildman–Crippen MR) is 99.0 cm³/mol. The molecule has 0 spiro atoms. The van der Waals surface area contributed by atoms with Crippen molar-refractivity contribution in [3.8, 4) is 0 Å². The van der Waals surface area contributed by atoms with Gasteiger partial charge in [0.05, 0.1) is 4.90 Å². The van der Waals surface area contributed by atoms with E-state index in [1.807, 2.05) is 25.1 Å². The van der Waals surface area contributed by atoms with E-state index in [9.17, 15) is 13.2 Å². The molecule has 0 aliphatic carbocycles. The first-order valence-electron chi connectivity index (χ1n) is 7.86. The van der Waals surface area contributed by atoms with E-state index in [-0.39, 0.29) is 23.8 Å². The molecule has 0 aliphatic heterocycles. The summed E-state index contributed by atoms with van der Waals surface area (Å²) in [5, 5.41) is 3.38. The fourth-order valence-corrected chi connectivity index (χ4v) is 3.75. The van der Waals surface area contributed by atoms with Gasteiger partial charge in [0.1, 0.15) is 0 Å². The number of aryl methyl sites for hydroxylation is 2. The lowest BCUT2D eigenvalue weighted by atomic mass is 10.2. The molecule has 0 heterocycles. The summed E-state index contributed by atoms with van der Waals surface area (Å²) in [6.07, 6.45) is 0.0671. The molecule has 2 rings (SSSR count). The number of carbonyl (C=O) groups excluding carboxylic acids is 1. The van der Waals surface area contributed by atoms with Crippen molar-refractivity contribution in [2.24, 2.45) is 0 Å². The second-order valence-corrected chi connectivity index (χ2v) is 7.99. The Kier molecular flexibility index (Phi) is 6.58. The van der Waals surface area contributed by atoms with Gasteiger partial charge in [-0.25, -0.2) is 13.1 Å². The van der Waals surface area contributed by atoms with Crippen LogP contribution in [0.3, 0.4) is 0 Å². The average Bonchev–Trinajstić information content (AvgIpc) is 2.56. The molecule has 0 saturated carbocycles. The molecule has 2 N–H and O–H groups in total. The molecule has 0 aliphatic rings. The van der Waals surface area contributed by atoms with E-state index < -0.39 is 10.0 Å². The third-order valence-corrected chi connectivity index (χ3v) is 5.54. The number of amides is 1. The van der Waals surface area contributed by atoms with E-state index >= 15 is 0 Å². The minimum Gasteiger partial charge on any atom is -0.352 e. The number of nitrogens with one attached hydrogen (secondary N) is 2. The highest BCUT2D eigenvalue weighted by molar-refractivity contribution is 7.89. The Labute approximate surface area is 153 Å². The van der Waals surface area contributed by atoms with E-state index in [1.165, 1.54) is 0 Å². The first-order valence-corrected chi connectivity index (χ1v) is 9.72. The maximum absolute atomic E-state index is 12.3. The molecule has 0 atom stereocenters. The molecule has 0 unspecified atom stereocenters. The van der Waals surface area contributed by atoms with Crippen molar-refractivity contribution in [2.75, 3.05) is 6.54 Å². The fraction of sp³-hybridized carbons (Fsp3) is 0.278. The maximum Gasteiger partial charge on any atom is 0.240 e. The lowest BCUT2D eigenvalue weighted by Gasteiger charge is -2.10. The first-order chi connectivity index (χ1) is 11.8. The zero-order chi connectivity index (χ0) is 18.4. The third kappa shape index (κ3) is 5.85. The van der Waals surface area contributed by atoms with E-state index in [1.54, 1.807) is 31.2 Å². The van der Waals surface area contributed by atoms with Crippen molar-refractivity contribution in [1.29, 1.82) is 0 Å². The molecule has 134 valence electrons. The summed E-state index contributed by atoms with van der Waals surface area (Å²) in [6, 6.07) is 12.4. The fourth-order valence-electron chi connectivity index (χ4n) is 2.26. The van der Waals surface area contributed by atoms with Crippen LogP contribution in [0.2, 0.25) is 5.02 Å². The van der Waals surface area contributed by atoms with Gasteiger partial charge in [0.15, 0.2) is 0 Å². The number of hydrogen-bond donors (Lipinski definition) is 2. The zero-order valence-corrected chi connectivity index (χ0v) is 15.7. The number of hydrogen-bond acceptors (Lipinski definition) is 3. The molecule has 0 bridgehead atoms. The van der Waals surface area contributed by atoms with E-state index in [4.69, 9.17) is 11.6 Å². The number of sulfonamides is 1. The summed E-state index contributed by atoms with van der Waals surface area (Å²) in [4.78, 5) is 12.1. The maximum atomic E-state index is 12.3. The SMILES string of the molecule is Cc1ccc(C)c(S(=O)(=O)NCCC(=O)NCc2ccc(Cl)cc2)c1. The summed E-state index contributed by atoms with van der Waals surface area (Å²) >= 11 is 5.80. The molecular formula is C18H21ClN2O3S. The molecule has 2 aromatic carbocycles. The molecule has 25 heavy (non-hydrogen) atoms. The largest absolute Gasteiger partial charge is 0.352 e. The predicted octanol–water partition coefficient (Wildman–Crippen LogP) is 2.94. The van der Waals surface area contributed by atoms with E-state index in [2.05, 4.69) is 10.0 Å². The topological polar surface area (TPSA) is 75.3 Å². The molecular weight excluding hydrogens is 360 g/mol. The lowest BCUT2D eigenvalue weighted by Crippen LogP contribution is -2.31. The van der Waals surface area contributed by atoms with Crippen molar-refractivity contribution >= 4 is 27.5 Å². The smallest absolute Gasteiger partial charge is 0.240 e. The van der Waals surface area contributed by atoms with Crippen LogP contribution in [0.4, 0.5) is 0 Å². The minimum atomic E-state index is -3.63. The Morgan fingerprint density at radius 2 is 1.76 bits per heavy atom.